The average Bonchev–Trinajstić information content (AvgIpc) is 2.79. The number of aromatic nitrogens is 2. The molecule has 0 aliphatic carbocycles. The molecule has 0 fully saturated rings. The first kappa shape index (κ1) is 14.1. The van der Waals surface area contributed by atoms with Gasteiger partial charge in [0.05, 0.1) is 6.33 Å². The number of nitrogens with one attached hydrogen (secondary N) is 1. The van der Waals surface area contributed by atoms with Crippen molar-refractivity contribution in [3.8, 4) is 0 Å². The Bertz CT molecular complexity index is 414. The lowest BCUT2D eigenvalue weighted by atomic mass is 10.3. The lowest BCUT2D eigenvalue weighted by Gasteiger charge is -2.12. The molecule has 1 heterocycles. The molecule has 4 N–H and O–H groups in total. The average molecular weight is 256 g/mol. The molecule has 1 aromatic rings. The van der Waals surface area contributed by atoms with E-state index in [1.165, 1.54) is 19.6 Å². The minimum atomic E-state index is -1.08. The van der Waals surface area contributed by atoms with Crippen LogP contribution < -0.4 is 11.1 Å². The van der Waals surface area contributed by atoms with Crippen molar-refractivity contribution in [3.63, 3.8) is 0 Å². The van der Waals surface area contributed by atoms with E-state index in [9.17, 15) is 9.59 Å². The van der Waals surface area contributed by atoms with Gasteiger partial charge in [0.1, 0.15) is 6.10 Å². The Kier molecular flexibility index (Phi) is 5.28. The number of carbonyl (C=O) groups excluding carboxylic acids is 1. The molecule has 0 bridgehead atoms. The van der Waals surface area contributed by atoms with E-state index in [0.717, 1.165) is 0 Å². The van der Waals surface area contributed by atoms with Crippen LogP contribution in [0.1, 0.15) is 10.5 Å². The molecule has 0 radical (unpaired) electrons. The van der Waals surface area contributed by atoms with Crippen molar-refractivity contribution in [2.75, 3.05) is 20.2 Å². The van der Waals surface area contributed by atoms with Crippen LogP contribution in [0, 0.1) is 0 Å². The number of amides is 1. The summed E-state index contributed by atoms with van der Waals surface area (Å²) in [7, 11) is 1.41. The van der Waals surface area contributed by atoms with E-state index in [2.05, 4.69) is 10.3 Å². The molecular weight excluding hydrogens is 240 g/mol. The zero-order valence-corrected chi connectivity index (χ0v) is 10.00. The molecule has 0 spiro atoms. The van der Waals surface area contributed by atoms with Crippen LogP contribution in [0.3, 0.4) is 0 Å². The Morgan fingerprint density at radius 3 is 2.89 bits per heavy atom. The van der Waals surface area contributed by atoms with Crippen LogP contribution in [0.4, 0.5) is 0 Å². The molecule has 0 aromatic carbocycles. The van der Waals surface area contributed by atoms with Crippen molar-refractivity contribution in [1.82, 2.24) is 14.9 Å². The first-order chi connectivity index (χ1) is 8.58. The molecule has 8 heteroatoms. The summed E-state index contributed by atoms with van der Waals surface area (Å²) >= 11 is 0. The Hall–Kier alpha value is -1.93. The van der Waals surface area contributed by atoms with Gasteiger partial charge in [-0.3, -0.25) is 4.79 Å². The molecule has 0 aliphatic rings. The highest BCUT2D eigenvalue weighted by molar-refractivity contribution is 5.84. The Morgan fingerprint density at radius 2 is 2.39 bits per heavy atom. The topological polar surface area (TPSA) is 119 Å². The van der Waals surface area contributed by atoms with E-state index in [1.807, 2.05) is 0 Å². The molecule has 0 saturated heterocycles. The molecule has 100 valence electrons. The highest BCUT2D eigenvalue weighted by Crippen LogP contribution is 1.95. The molecule has 1 unspecified atom stereocenters. The standard InChI is InChI=1S/C10H16N4O4/c1-18-8(4-11)9(15)12-2-3-14-5-7(10(16)17)13-6-14/h5-6,8H,2-4,11H2,1H3,(H,12,15)(H,16,17). The predicted molar refractivity (Wildman–Crippen MR) is 62.0 cm³/mol. The van der Waals surface area contributed by atoms with Crippen molar-refractivity contribution in [1.29, 1.82) is 0 Å². The Morgan fingerprint density at radius 1 is 1.67 bits per heavy atom. The summed E-state index contributed by atoms with van der Waals surface area (Å²) in [6, 6.07) is 0. The summed E-state index contributed by atoms with van der Waals surface area (Å²) in [4.78, 5) is 25.7. The number of carboxylic acids is 1. The fraction of sp³-hybridized carbons (Fsp3) is 0.500. The van der Waals surface area contributed by atoms with Crippen molar-refractivity contribution in [2.45, 2.75) is 12.6 Å². The summed E-state index contributed by atoms with van der Waals surface area (Å²) in [6.07, 6.45) is 2.12. The molecule has 18 heavy (non-hydrogen) atoms. The van der Waals surface area contributed by atoms with Crippen LogP contribution >= 0.6 is 0 Å². The lowest BCUT2D eigenvalue weighted by Crippen LogP contribution is -2.41. The van der Waals surface area contributed by atoms with Crippen LogP contribution in [0.2, 0.25) is 0 Å². The van der Waals surface area contributed by atoms with E-state index in [4.69, 9.17) is 15.6 Å². The number of imidazole rings is 1. The Balaban J connectivity index is 2.37. The minimum absolute atomic E-state index is 0.0296. The van der Waals surface area contributed by atoms with Crippen LogP contribution in [0.15, 0.2) is 12.5 Å². The number of nitrogens with zero attached hydrogens (tertiary/aromatic N) is 2. The number of nitrogens with two attached hydrogens (primary N) is 1. The SMILES string of the molecule is COC(CN)C(=O)NCCn1cnc(C(=O)O)c1. The number of methoxy groups -OCH3 is 1. The summed E-state index contributed by atoms with van der Waals surface area (Å²) in [5.74, 6) is -1.38. The maximum absolute atomic E-state index is 11.5. The van der Waals surface area contributed by atoms with Crippen LogP contribution in [0.25, 0.3) is 0 Å². The van der Waals surface area contributed by atoms with Gasteiger partial charge < -0.3 is 25.5 Å². The summed E-state index contributed by atoms with van der Waals surface area (Å²) < 4.78 is 6.44. The van der Waals surface area contributed by atoms with Gasteiger partial charge >= 0.3 is 5.97 Å². The van der Waals surface area contributed by atoms with Gasteiger partial charge in [-0.05, 0) is 0 Å². The number of hydrogen-bond acceptors (Lipinski definition) is 5. The molecule has 1 aromatic heterocycles. The molecule has 1 amide bonds. The zero-order chi connectivity index (χ0) is 13.5. The Labute approximate surface area is 104 Å². The highest BCUT2D eigenvalue weighted by atomic mass is 16.5. The number of aromatic carboxylic acids is 1. The number of carbonyl (C=O) groups is 2. The second-order valence-electron chi connectivity index (χ2n) is 3.55. The first-order valence-electron chi connectivity index (χ1n) is 5.34. The molecule has 0 saturated carbocycles. The van der Waals surface area contributed by atoms with E-state index < -0.39 is 12.1 Å². The largest absolute Gasteiger partial charge is 0.476 e. The van der Waals surface area contributed by atoms with Gasteiger partial charge in [0, 0.05) is 32.9 Å². The van der Waals surface area contributed by atoms with Crippen LogP contribution in [0.5, 0.6) is 0 Å². The lowest BCUT2D eigenvalue weighted by molar-refractivity contribution is -0.130. The van der Waals surface area contributed by atoms with Crippen molar-refractivity contribution >= 4 is 11.9 Å². The third kappa shape index (κ3) is 3.82. The monoisotopic (exact) mass is 256 g/mol. The van der Waals surface area contributed by atoms with Gasteiger partial charge in [0.15, 0.2) is 5.69 Å². The van der Waals surface area contributed by atoms with Gasteiger partial charge in [-0.25, -0.2) is 9.78 Å². The third-order valence-corrected chi connectivity index (χ3v) is 2.31. The van der Waals surface area contributed by atoms with E-state index in [-0.39, 0.29) is 18.1 Å². The van der Waals surface area contributed by atoms with E-state index >= 15 is 0 Å². The second-order valence-corrected chi connectivity index (χ2v) is 3.55. The van der Waals surface area contributed by atoms with Gasteiger partial charge in [0.25, 0.3) is 5.91 Å². The number of carboxylic acid groups (broad SMARTS) is 1. The third-order valence-electron chi connectivity index (χ3n) is 2.31. The quantitative estimate of drug-likeness (QED) is 0.556. The highest BCUT2D eigenvalue weighted by Gasteiger charge is 2.14. The maximum atomic E-state index is 11.5. The number of ether oxygens (including phenoxy) is 1. The summed E-state index contributed by atoms with van der Waals surface area (Å²) in [5, 5.41) is 11.3. The maximum Gasteiger partial charge on any atom is 0.356 e. The van der Waals surface area contributed by atoms with E-state index in [1.54, 1.807) is 4.57 Å². The fourth-order valence-corrected chi connectivity index (χ4v) is 1.33. The van der Waals surface area contributed by atoms with Gasteiger partial charge in [0.2, 0.25) is 0 Å². The fourth-order valence-electron chi connectivity index (χ4n) is 1.33. The van der Waals surface area contributed by atoms with Crippen molar-refractivity contribution < 1.29 is 19.4 Å². The normalized spacial score (nSPS) is 12.1. The summed E-state index contributed by atoms with van der Waals surface area (Å²) in [5.41, 5.74) is 5.31. The molecular formula is C10H16N4O4. The molecule has 1 rings (SSSR count). The van der Waals surface area contributed by atoms with Crippen LogP contribution in [-0.2, 0) is 16.1 Å². The molecule has 0 aliphatic heterocycles. The predicted octanol–water partition coefficient (Wildman–Crippen LogP) is -1.33. The summed E-state index contributed by atoms with van der Waals surface area (Å²) in [6.45, 7) is 0.873. The number of rotatable bonds is 7. The minimum Gasteiger partial charge on any atom is -0.476 e. The van der Waals surface area contributed by atoms with E-state index in [0.29, 0.717) is 13.1 Å². The first-order valence-corrected chi connectivity index (χ1v) is 5.34. The van der Waals surface area contributed by atoms with Gasteiger partial charge in [-0.15, -0.1) is 0 Å². The molecule has 1 atom stereocenters. The second kappa shape index (κ2) is 6.72. The zero-order valence-electron chi connectivity index (χ0n) is 10.00. The van der Waals surface area contributed by atoms with Crippen molar-refractivity contribution in [2.24, 2.45) is 5.73 Å². The van der Waals surface area contributed by atoms with Crippen LogP contribution in [-0.4, -0.2) is 52.8 Å². The van der Waals surface area contributed by atoms with Gasteiger partial charge in [-0.2, -0.15) is 0 Å². The smallest absolute Gasteiger partial charge is 0.356 e. The van der Waals surface area contributed by atoms with Crippen molar-refractivity contribution in [3.05, 3.63) is 18.2 Å². The molecule has 8 nitrogen and oxygen atoms in total. The number of hydrogen-bond donors (Lipinski definition) is 3. The van der Waals surface area contributed by atoms with Gasteiger partial charge in [-0.1, -0.05) is 0 Å².